The molecule has 2 fully saturated rings. The quantitative estimate of drug-likeness (QED) is 0.0852. The van der Waals surface area contributed by atoms with Gasteiger partial charge in [-0.2, -0.15) is 5.10 Å². The number of nitrogens with zero attached hydrogens (tertiary/aromatic N) is 8. The first-order chi connectivity index (χ1) is 34.7. The predicted octanol–water partition coefficient (Wildman–Crippen LogP) is 6.17. The van der Waals surface area contributed by atoms with Crippen molar-refractivity contribution in [2.24, 2.45) is 14.1 Å². The van der Waals surface area contributed by atoms with Crippen LogP contribution in [0.5, 0.6) is 17.2 Å². The third kappa shape index (κ3) is 9.54. The molecule has 20 nitrogen and oxygen atoms in total. The topological polar surface area (TPSA) is 232 Å². The van der Waals surface area contributed by atoms with Crippen LogP contribution >= 0.6 is 0 Å². The molecule has 8 aromatic rings. The van der Waals surface area contributed by atoms with Crippen molar-refractivity contribution >= 4 is 61.6 Å². The molecule has 0 spiro atoms. The van der Waals surface area contributed by atoms with Crippen LogP contribution < -0.4 is 30.5 Å². The molecule has 4 N–H and O–H groups in total. The number of imidazole rings is 2. The molecule has 0 atom stereocenters. The largest absolute Gasteiger partial charge is 0.493 e. The van der Waals surface area contributed by atoms with E-state index in [1.165, 1.54) is 67.5 Å². The zero-order valence-corrected chi connectivity index (χ0v) is 40.2. The minimum absolute atomic E-state index is 0.0202. The summed E-state index contributed by atoms with van der Waals surface area (Å²) in [4.78, 5) is 65.2. The number of hydrogen-bond acceptors (Lipinski definition) is 12. The fourth-order valence-corrected chi connectivity index (χ4v) is 9.64. The van der Waals surface area contributed by atoms with E-state index in [4.69, 9.17) is 14.5 Å². The second kappa shape index (κ2) is 19.3. The number of anilines is 3. The van der Waals surface area contributed by atoms with Crippen LogP contribution in [0.3, 0.4) is 0 Å². The van der Waals surface area contributed by atoms with Crippen LogP contribution in [0.1, 0.15) is 58.5 Å². The maximum Gasteiger partial charge on any atom is 0.328 e. The molecule has 10 rings (SSSR count). The van der Waals surface area contributed by atoms with Crippen molar-refractivity contribution in [3.63, 3.8) is 0 Å². The number of fused-ring (bicyclic) bond motifs is 2. The number of nitrogens with one attached hydrogen (secondary N) is 4. The summed E-state index contributed by atoms with van der Waals surface area (Å²) < 4.78 is 62.9. The fraction of sp³-hybridized carbons (Fsp3) is 0.260. The van der Waals surface area contributed by atoms with E-state index in [-0.39, 0.29) is 65.0 Å². The number of amides is 3. The summed E-state index contributed by atoms with van der Waals surface area (Å²) in [6, 6.07) is 19.5. The van der Waals surface area contributed by atoms with Crippen LogP contribution in [0.4, 0.5) is 21.6 Å². The molecule has 72 heavy (non-hydrogen) atoms. The standard InChI is InChI=1S/C50H49FN12O8S/c1-4-19-70-34-8-6-9-35(22-34)71-44-24-42-41(59(2)50(67)60(42)3)23-39(44)58-72(68,69)36-10-5-7-31(20-36)48(65)53-28-45(64)61-15-17-62(18-16-61)49(66)32-13-14-38(37(51)21-32)56-46-47-52-27-43(33-25-54-55-26-33)63(47)29-40(57-46)30-11-12-30/h5-10,13-14,20-27,29-30,58H,4,11-12,15-19,28H2,1-3H3,(H,53,65)(H,54,55)(H,56,57). The number of aromatic nitrogens is 7. The normalized spacial score (nSPS) is 13.9. The van der Waals surface area contributed by atoms with Crippen molar-refractivity contribution in [2.75, 3.05) is 49.4 Å². The van der Waals surface area contributed by atoms with Gasteiger partial charge in [0.2, 0.25) is 5.91 Å². The number of carbonyl (C=O) groups excluding carboxylic acids is 3. The minimum Gasteiger partial charge on any atom is -0.493 e. The van der Waals surface area contributed by atoms with E-state index in [2.05, 4.69) is 30.5 Å². The molecule has 1 aliphatic carbocycles. The number of aryl methyl sites for hydroxylation is 2. The lowest BCUT2D eigenvalue weighted by Gasteiger charge is -2.35. The van der Waals surface area contributed by atoms with E-state index < -0.39 is 40.1 Å². The van der Waals surface area contributed by atoms with Crippen LogP contribution in [0, 0.1) is 5.82 Å². The Labute approximate surface area is 411 Å². The summed E-state index contributed by atoms with van der Waals surface area (Å²) in [6.45, 7) is 2.75. The van der Waals surface area contributed by atoms with Crippen LogP contribution in [0.2, 0.25) is 0 Å². The Kier molecular flexibility index (Phi) is 12.7. The number of H-pyrrole nitrogens is 1. The van der Waals surface area contributed by atoms with E-state index in [0.717, 1.165) is 36.2 Å². The second-order valence-corrected chi connectivity index (χ2v) is 19.3. The highest BCUT2D eigenvalue weighted by molar-refractivity contribution is 7.92. The van der Waals surface area contributed by atoms with Gasteiger partial charge in [0.25, 0.3) is 21.8 Å². The van der Waals surface area contributed by atoms with Gasteiger partial charge in [-0.05, 0) is 73.9 Å². The second-order valence-electron chi connectivity index (χ2n) is 17.6. The number of ether oxygens (including phenoxy) is 2. The lowest BCUT2D eigenvalue weighted by atomic mass is 10.1. The molecule has 1 saturated carbocycles. The van der Waals surface area contributed by atoms with Crippen molar-refractivity contribution in [1.29, 1.82) is 0 Å². The van der Waals surface area contributed by atoms with Crippen LogP contribution in [0.25, 0.3) is 27.9 Å². The summed E-state index contributed by atoms with van der Waals surface area (Å²) >= 11 is 0. The van der Waals surface area contributed by atoms with E-state index in [1.54, 1.807) is 63.0 Å². The van der Waals surface area contributed by atoms with Gasteiger partial charge in [0.05, 0.1) is 64.2 Å². The Hall–Kier alpha value is -8.53. The molecular formula is C50H49FN12O8S. The van der Waals surface area contributed by atoms with Crippen LogP contribution in [-0.2, 0) is 28.9 Å². The highest BCUT2D eigenvalue weighted by Gasteiger charge is 2.29. The van der Waals surface area contributed by atoms with Crippen LogP contribution in [-0.4, -0.2) is 109 Å². The average Bonchev–Trinajstić information content (AvgIpc) is 3.85. The van der Waals surface area contributed by atoms with Gasteiger partial charge in [-0.25, -0.2) is 27.6 Å². The highest BCUT2D eigenvalue weighted by Crippen LogP contribution is 2.41. The number of aromatic amines is 1. The summed E-state index contributed by atoms with van der Waals surface area (Å²) in [5, 5.41) is 12.5. The maximum absolute atomic E-state index is 15.7. The average molecular weight is 997 g/mol. The first kappa shape index (κ1) is 47.2. The van der Waals surface area contributed by atoms with Crippen molar-refractivity contribution < 1.29 is 36.7 Å². The van der Waals surface area contributed by atoms with Gasteiger partial charge < -0.3 is 29.9 Å². The van der Waals surface area contributed by atoms with Crippen molar-refractivity contribution in [3.05, 3.63) is 137 Å². The summed E-state index contributed by atoms with van der Waals surface area (Å²) in [6.07, 6.45) is 9.94. The number of sulfonamides is 1. The third-order valence-electron chi connectivity index (χ3n) is 12.6. The molecule has 370 valence electrons. The minimum atomic E-state index is -4.37. The smallest absolute Gasteiger partial charge is 0.328 e. The first-order valence-corrected chi connectivity index (χ1v) is 24.7. The van der Waals surface area contributed by atoms with Gasteiger partial charge in [-0.3, -0.25) is 37.7 Å². The molecule has 4 aromatic carbocycles. The lowest BCUT2D eigenvalue weighted by Crippen LogP contribution is -2.52. The zero-order valence-electron chi connectivity index (χ0n) is 39.4. The summed E-state index contributed by atoms with van der Waals surface area (Å²) in [5.41, 5.74) is 3.88. The molecule has 22 heteroatoms. The molecular weight excluding hydrogens is 948 g/mol. The molecule has 3 amide bonds. The Morgan fingerprint density at radius 2 is 1.61 bits per heavy atom. The van der Waals surface area contributed by atoms with Gasteiger partial charge >= 0.3 is 5.69 Å². The van der Waals surface area contributed by atoms with Gasteiger partial charge in [0.15, 0.2) is 17.2 Å². The fourth-order valence-electron chi connectivity index (χ4n) is 8.53. The molecule has 1 saturated heterocycles. The Bertz CT molecular complexity index is 3580. The molecule has 0 bridgehead atoms. The number of rotatable bonds is 16. The maximum atomic E-state index is 15.7. The van der Waals surface area contributed by atoms with Gasteiger partial charge in [0, 0.05) is 87.4 Å². The van der Waals surface area contributed by atoms with E-state index in [9.17, 15) is 27.6 Å². The Morgan fingerprint density at radius 3 is 2.35 bits per heavy atom. The third-order valence-corrected chi connectivity index (χ3v) is 14.0. The van der Waals surface area contributed by atoms with Crippen LogP contribution in [0.15, 0.2) is 113 Å². The Morgan fingerprint density at radius 1 is 0.861 bits per heavy atom. The SMILES string of the molecule is CCCOc1cccc(Oc2cc3c(cc2NS(=O)(=O)c2cccc(C(=O)NCC(=O)N4CCN(C(=O)c5ccc(Nc6nc(C7CC7)cn7c(-c8cn[nH]c8)cnc67)c(F)c5)CC4)c2)n(C)c(=O)n3C)c1. The Balaban J connectivity index is 0.758. The number of benzene rings is 4. The molecule has 4 aromatic heterocycles. The van der Waals surface area contributed by atoms with E-state index in [1.807, 2.05) is 17.5 Å². The van der Waals surface area contributed by atoms with Crippen molar-refractivity contribution in [2.45, 2.75) is 37.0 Å². The van der Waals surface area contributed by atoms with Gasteiger partial charge in [0.1, 0.15) is 17.3 Å². The number of piperazine rings is 1. The predicted molar refractivity (Wildman–Crippen MR) is 265 cm³/mol. The van der Waals surface area contributed by atoms with Crippen molar-refractivity contribution in [3.8, 4) is 28.5 Å². The molecule has 1 aliphatic heterocycles. The zero-order chi connectivity index (χ0) is 50.3. The van der Waals surface area contributed by atoms with Gasteiger partial charge in [-0.15, -0.1) is 0 Å². The molecule has 0 radical (unpaired) electrons. The lowest BCUT2D eigenvalue weighted by molar-refractivity contribution is -0.131. The summed E-state index contributed by atoms with van der Waals surface area (Å²) in [5.74, 6) is -0.451. The molecule has 2 aliphatic rings. The van der Waals surface area contributed by atoms with Crippen molar-refractivity contribution in [1.82, 2.24) is 48.8 Å². The summed E-state index contributed by atoms with van der Waals surface area (Å²) in [7, 11) is -1.20. The van der Waals surface area contributed by atoms with E-state index in [0.29, 0.717) is 46.5 Å². The monoisotopic (exact) mass is 996 g/mol. The number of hydrogen-bond donors (Lipinski definition) is 4. The number of carbonyl (C=O) groups is 3. The van der Waals surface area contributed by atoms with E-state index >= 15 is 4.39 Å². The molecule has 5 heterocycles. The number of halogens is 1. The highest BCUT2D eigenvalue weighted by atomic mass is 32.2. The van der Waals surface area contributed by atoms with Gasteiger partial charge in [-0.1, -0.05) is 19.1 Å². The first-order valence-electron chi connectivity index (χ1n) is 23.3. The molecule has 0 unspecified atom stereocenters.